The van der Waals surface area contributed by atoms with E-state index in [9.17, 15) is 13.2 Å². The van der Waals surface area contributed by atoms with E-state index in [-0.39, 0.29) is 10.7 Å². The molecule has 0 heterocycles. The van der Waals surface area contributed by atoms with Crippen molar-refractivity contribution in [3.63, 3.8) is 0 Å². The summed E-state index contributed by atoms with van der Waals surface area (Å²) in [6, 6.07) is 10.6. The van der Waals surface area contributed by atoms with Gasteiger partial charge in [0.05, 0.1) is 22.5 Å². The summed E-state index contributed by atoms with van der Waals surface area (Å²) >= 11 is 5.85. The van der Waals surface area contributed by atoms with E-state index in [0.29, 0.717) is 0 Å². The Kier molecular flexibility index (Phi) is 4.53. The molecule has 0 amide bonds. The van der Waals surface area contributed by atoms with Crippen LogP contribution in [0.3, 0.4) is 0 Å². The first-order valence-electron chi connectivity index (χ1n) is 6.09. The first-order chi connectivity index (χ1) is 9.86. The molecule has 1 N–H and O–H groups in total. The Morgan fingerprint density at radius 3 is 2.38 bits per heavy atom. The predicted octanol–water partition coefficient (Wildman–Crippen LogP) is 5.11. The van der Waals surface area contributed by atoms with Gasteiger partial charge in [-0.15, -0.1) is 0 Å². The molecule has 2 rings (SSSR count). The van der Waals surface area contributed by atoms with Crippen molar-refractivity contribution in [2.24, 2.45) is 5.10 Å². The molecule has 0 radical (unpaired) electrons. The van der Waals surface area contributed by atoms with Gasteiger partial charge in [-0.2, -0.15) is 18.3 Å². The zero-order chi connectivity index (χ0) is 15.5. The molecular formula is C15H12ClF3N2. The number of hydrazone groups is 1. The maximum Gasteiger partial charge on any atom is 0.416 e. The van der Waals surface area contributed by atoms with Crippen LogP contribution in [-0.2, 0) is 6.18 Å². The van der Waals surface area contributed by atoms with Crippen LogP contribution in [0.25, 0.3) is 0 Å². The molecule has 0 saturated carbocycles. The lowest BCUT2D eigenvalue weighted by atomic mass is 10.2. The van der Waals surface area contributed by atoms with E-state index in [1.807, 2.05) is 31.2 Å². The highest BCUT2D eigenvalue weighted by Crippen LogP contribution is 2.33. The Hall–Kier alpha value is -2.01. The van der Waals surface area contributed by atoms with Gasteiger partial charge in [-0.3, -0.25) is 5.43 Å². The van der Waals surface area contributed by atoms with Crippen molar-refractivity contribution in [2.45, 2.75) is 13.1 Å². The first kappa shape index (κ1) is 15.4. The normalized spacial score (nSPS) is 11.9. The van der Waals surface area contributed by atoms with Crippen molar-refractivity contribution in [3.05, 3.63) is 64.2 Å². The van der Waals surface area contributed by atoms with Gasteiger partial charge >= 0.3 is 6.18 Å². The van der Waals surface area contributed by atoms with Crippen LogP contribution >= 0.6 is 11.6 Å². The number of alkyl halides is 3. The van der Waals surface area contributed by atoms with Crippen molar-refractivity contribution in [1.82, 2.24) is 0 Å². The maximum absolute atomic E-state index is 12.6. The number of rotatable bonds is 3. The second-order valence-corrected chi connectivity index (χ2v) is 4.88. The quantitative estimate of drug-likeness (QED) is 0.618. The van der Waals surface area contributed by atoms with E-state index >= 15 is 0 Å². The lowest BCUT2D eigenvalue weighted by Gasteiger charge is -2.09. The van der Waals surface area contributed by atoms with Crippen molar-refractivity contribution in [1.29, 1.82) is 0 Å². The molecule has 0 aromatic heterocycles. The number of nitrogens with one attached hydrogen (secondary N) is 1. The van der Waals surface area contributed by atoms with E-state index in [2.05, 4.69) is 10.5 Å². The number of hydrogen-bond acceptors (Lipinski definition) is 2. The fraction of sp³-hybridized carbons (Fsp3) is 0.133. The molecule has 0 aliphatic heterocycles. The molecule has 2 aromatic carbocycles. The summed E-state index contributed by atoms with van der Waals surface area (Å²) in [6.45, 7) is 1.96. The zero-order valence-electron chi connectivity index (χ0n) is 11.1. The molecule has 6 heteroatoms. The highest BCUT2D eigenvalue weighted by molar-refractivity contribution is 6.33. The molecule has 0 fully saturated rings. The molecule has 0 aliphatic rings. The van der Waals surface area contributed by atoms with Crippen molar-refractivity contribution >= 4 is 23.5 Å². The SMILES string of the molecule is Cc1ccc(/C=N/Nc2cc(C(F)(F)F)ccc2Cl)cc1. The van der Waals surface area contributed by atoms with E-state index in [4.69, 9.17) is 11.6 Å². The number of aryl methyl sites for hydroxylation is 1. The highest BCUT2D eigenvalue weighted by atomic mass is 35.5. The van der Waals surface area contributed by atoms with E-state index in [1.165, 1.54) is 12.3 Å². The van der Waals surface area contributed by atoms with Crippen LogP contribution in [0.1, 0.15) is 16.7 Å². The minimum Gasteiger partial charge on any atom is -0.277 e. The van der Waals surface area contributed by atoms with E-state index < -0.39 is 11.7 Å². The summed E-state index contributed by atoms with van der Waals surface area (Å²) in [5.41, 5.74) is 3.80. The van der Waals surface area contributed by atoms with Gasteiger partial charge in [0.25, 0.3) is 0 Å². The van der Waals surface area contributed by atoms with Crippen LogP contribution in [-0.4, -0.2) is 6.21 Å². The van der Waals surface area contributed by atoms with Crippen LogP contribution in [0.15, 0.2) is 47.6 Å². The lowest BCUT2D eigenvalue weighted by Crippen LogP contribution is -2.05. The van der Waals surface area contributed by atoms with Crippen LogP contribution < -0.4 is 5.43 Å². The third-order valence-electron chi connectivity index (χ3n) is 2.77. The third kappa shape index (κ3) is 4.23. The van der Waals surface area contributed by atoms with Crippen LogP contribution in [0.4, 0.5) is 18.9 Å². The Balaban J connectivity index is 2.14. The number of nitrogens with zero attached hydrogens (tertiary/aromatic N) is 1. The number of benzene rings is 2. The van der Waals surface area contributed by atoms with Gasteiger partial charge in [-0.05, 0) is 30.7 Å². The molecule has 0 saturated heterocycles. The average molecular weight is 313 g/mol. The number of anilines is 1. The maximum atomic E-state index is 12.6. The molecule has 0 spiro atoms. The summed E-state index contributed by atoms with van der Waals surface area (Å²) in [5, 5.41) is 4.07. The monoisotopic (exact) mass is 312 g/mol. The number of halogens is 4. The average Bonchev–Trinajstić information content (AvgIpc) is 2.42. The first-order valence-corrected chi connectivity index (χ1v) is 6.46. The summed E-state index contributed by atoms with van der Waals surface area (Å²) in [4.78, 5) is 0. The van der Waals surface area contributed by atoms with E-state index in [0.717, 1.165) is 23.3 Å². The van der Waals surface area contributed by atoms with Gasteiger partial charge in [-0.1, -0.05) is 41.4 Å². The van der Waals surface area contributed by atoms with Crippen molar-refractivity contribution in [2.75, 3.05) is 5.43 Å². The molecule has 21 heavy (non-hydrogen) atoms. The van der Waals surface area contributed by atoms with Crippen LogP contribution in [0.5, 0.6) is 0 Å². The topological polar surface area (TPSA) is 24.4 Å². The Morgan fingerprint density at radius 1 is 1.10 bits per heavy atom. The van der Waals surface area contributed by atoms with Crippen molar-refractivity contribution in [3.8, 4) is 0 Å². The van der Waals surface area contributed by atoms with Gasteiger partial charge in [0, 0.05) is 0 Å². The molecular weight excluding hydrogens is 301 g/mol. The smallest absolute Gasteiger partial charge is 0.277 e. The van der Waals surface area contributed by atoms with Gasteiger partial charge in [0.1, 0.15) is 0 Å². The van der Waals surface area contributed by atoms with Gasteiger partial charge < -0.3 is 0 Å². The molecule has 2 aromatic rings. The minimum absolute atomic E-state index is 0.106. The fourth-order valence-electron chi connectivity index (χ4n) is 1.62. The fourth-order valence-corrected chi connectivity index (χ4v) is 1.78. The molecule has 0 unspecified atom stereocenters. The molecule has 0 bridgehead atoms. The Labute approximate surface area is 125 Å². The van der Waals surface area contributed by atoms with Crippen LogP contribution in [0, 0.1) is 6.92 Å². The molecule has 0 atom stereocenters. The summed E-state index contributed by atoms with van der Waals surface area (Å²) in [7, 11) is 0. The second kappa shape index (κ2) is 6.18. The second-order valence-electron chi connectivity index (χ2n) is 4.47. The third-order valence-corrected chi connectivity index (χ3v) is 3.10. The minimum atomic E-state index is -4.41. The molecule has 0 aliphatic carbocycles. The van der Waals surface area contributed by atoms with Gasteiger partial charge in [0.2, 0.25) is 0 Å². The van der Waals surface area contributed by atoms with E-state index in [1.54, 1.807) is 0 Å². The number of hydrogen-bond donors (Lipinski definition) is 1. The molecule has 110 valence electrons. The highest BCUT2D eigenvalue weighted by Gasteiger charge is 2.30. The summed E-state index contributed by atoms with van der Waals surface area (Å²) < 4.78 is 37.8. The lowest BCUT2D eigenvalue weighted by molar-refractivity contribution is -0.137. The Morgan fingerprint density at radius 2 is 1.76 bits per heavy atom. The summed E-state index contributed by atoms with van der Waals surface area (Å²) in [5.74, 6) is 0. The van der Waals surface area contributed by atoms with Gasteiger partial charge in [0.15, 0.2) is 0 Å². The molecule has 2 nitrogen and oxygen atoms in total. The van der Waals surface area contributed by atoms with Gasteiger partial charge in [-0.25, -0.2) is 0 Å². The van der Waals surface area contributed by atoms with Crippen molar-refractivity contribution < 1.29 is 13.2 Å². The standard InChI is InChI=1S/C15H12ClF3N2/c1-10-2-4-11(5-3-10)9-20-21-14-8-12(15(17,18)19)6-7-13(14)16/h2-9,21H,1H3/b20-9+. The largest absolute Gasteiger partial charge is 0.416 e. The Bertz CT molecular complexity index is 649. The zero-order valence-corrected chi connectivity index (χ0v) is 11.8. The van der Waals surface area contributed by atoms with Crippen LogP contribution in [0.2, 0.25) is 5.02 Å². The summed E-state index contributed by atoms with van der Waals surface area (Å²) in [6.07, 6.45) is -2.91. The predicted molar refractivity (Wildman–Crippen MR) is 78.8 cm³/mol.